The Morgan fingerprint density at radius 2 is 2.13 bits per heavy atom. The van der Waals surface area contributed by atoms with Crippen molar-refractivity contribution < 1.29 is 9.53 Å². The molecule has 0 N–H and O–H groups in total. The molecule has 154 valence electrons. The van der Waals surface area contributed by atoms with Gasteiger partial charge in [0.15, 0.2) is 6.29 Å². The number of rotatable bonds is 10. The van der Waals surface area contributed by atoms with Gasteiger partial charge in [-0.2, -0.15) is 5.26 Å². The normalized spacial score (nSPS) is 14.2. The molecule has 0 radical (unpaired) electrons. The Morgan fingerprint density at radius 3 is 2.80 bits per heavy atom. The molecule has 5 heteroatoms. The summed E-state index contributed by atoms with van der Waals surface area (Å²) in [6, 6.07) is 11.8. The molecule has 1 aliphatic rings. The van der Waals surface area contributed by atoms with Crippen LogP contribution in [0.15, 0.2) is 61.0 Å². The summed E-state index contributed by atoms with van der Waals surface area (Å²) >= 11 is 0. The number of aldehydes is 1. The molecule has 1 aromatic carbocycles. The summed E-state index contributed by atoms with van der Waals surface area (Å²) in [6.07, 6.45) is 9.16. The molecular weight excluding hydrogens is 374 g/mol. The van der Waals surface area contributed by atoms with E-state index in [1.54, 1.807) is 12.3 Å². The first-order chi connectivity index (χ1) is 14.5. The molecule has 5 nitrogen and oxygen atoms in total. The number of pyridine rings is 1. The lowest BCUT2D eigenvalue weighted by Crippen LogP contribution is -2.18. The molecule has 0 aliphatic heterocycles. The Balaban J connectivity index is 1.85. The molecule has 1 fully saturated rings. The van der Waals surface area contributed by atoms with Gasteiger partial charge in [-0.1, -0.05) is 24.8 Å². The first kappa shape index (κ1) is 21.3. The zero-order valence-corrected chi connectivity index (χ0v) is 17.6. The minimum Gasteiger partial charge on any atom is -0.493 e. The van der Waals surface area contributed by atoms with E-state index in [2.05, 4.69) is 17.6 Å². The van der Waals surface area contributed by atoms with Crippen molar-refractivity contribution in [1.82, 2.24) is 9.88 Å². The maximum atomic E-state index is 11.8. The van der Waals surface area contributed by atoms with Crippen LogP contribution >= 0.6 is 0 Å². The van der Waals surface area contributed by atoms with Gasteiger partial charge in [0.2, 0.25) is 0 Å². The van der Waals surface area contributed by atoms with Gasteiger partial charge in [-0.05, 0) is 50.5 Å². The van der Waals surface area contributed by atoms with Crippen molar-refractivity contribution in [2.45, 2.75) is 32.7 Å². The number of hydrogen-bond acceptors (Lipinski definition) is 5. The highest BCUT2D eigenvalue weighted by molar-refractivity contribution is 5.82. The van der Waals surface area contributed by atoms with Crippen LogP contribution < -0.4 is 4.74 Å². The fraction of sp³-hybridized carbons (Fsp3) is 0.320. The van der Waals surface area contributed by atoms with Crippen LogP contribution in [-0.2, 0) is 6.54 Å². The van der Waals surface area contributed by atoms with Gasteiger partial charge in [0, 0.05) is 42.2 Å². The fourth-order valence-corrected chi connectivity index (χ4v) is 3.36. The van der Waals surface area contributed by atoms with Crippen LogP contribution in [0.3, 0.4) is 0 Å². The molecule has 0 unspecified atom stereocenters. The molecule has 1 aromatic heterocycles. The van der Waals surface area contributed by atoms with Crippen molar-refractivity contribution in [2.75, 3.05) is 13.7 Å². The van der Waals surface area contributed by atoms with Gasteiger partial charge < -0.3 is 9.64 Å². The van der Waals surface area contributed by atoms with Crippen LogP contribution in [0.1, 0.15) is 42.1 Å². The predicted molar refractivity (Wildman–Crippen MR) is 118 cm³/mol. The molecule has 2 aromatic rings. The molecule has 1 heterocycles. The summed E-state index contributed by atoms with van der Waals surface area (Å²) in [5.41, 5.74) is 3.66. The molecule has 0 spiro atoms. The number of ether oxygens (including phenoxy) is 1. The smallest absolute Gasteiger partial charge is 0.150 e. The summed E-state index contributed by atoms with van der Waals surface area (Å²) in [6.45, 7) is 7.11. The van der Waals surface area contributed by atoms with Gasteiger partial charge in [0.05, 0.1) is 23.8 Å². The highest BCUT2D eigenvalue weighted by atomic mass is 16.5. The van der Waals surface area contributed by atoms with Gasteiger partial charge in [-0.3, -0.25) is 9.78 Å². The van der Waals surface area contributed by atoms with Crippen molar-refractivity contribution in [3.63, 3.8) is 0 Å². The summed E-state index contributed by atoms with van der Waals surface area (Å²) in [7, 11) is 1.93. The van der Waals surface area contributed by atoms with Crippen LogP contribution in [0.2, 0.25) is 0 Å². The Bertz CT molecular complexity index is 1000. The largest absolute Gasteiger partial charge is 0.493 e. The maximum Gasteiger partial charge on any atom is 0.150 e. The van der Waals surface area contributed by atoms with Crippen molar-refractivity contribution in [3.8, 4) is 23.1 Å². The van der Waals surface area contributed by atoms with Gasteiger partial charge in [-0.15, -0.1) is 0 Å². The van der Waals surface area contributed by atoms with Crippen LogP contribution in [0.25, 0.3) is 11.3 Å². The van der Waals surface area contributed by atoms with E-state index in [0.29, 0.717) is 18.7 Å². The third-order valence-electron chi connectivity index (χ3n) is 5.46. The third-order valence-corrected chi connectivity index (χ3v) is 5.46. The minimum absolute atomic E-state index is 0.167. The monoisotopic (exact) mass is 401 g/mol. The van der Waals surface area contributed by atoms with E-state index in [0.717, 1.165) is 53.8 Å². The van der Waals surface area contributed by atoms with Crippen molar-refractivity contribution in [1.29, 1.82) is 5.26 Å². The summed E-state index contributed by atoms with van der Waals surface area (Å²) in [5.74, 6) is 0.740. The molecule has 1 aliphatic carbocycles. The van der Waals surface area contributed by atoms with Crippen LogP contribution in [0.5, 0.6) is 5.75 Å². The van der Waals surface area contributed by atoms with Gasteiger partial charge in [-0.25, -0.2) is 0 Å². The molecule has 0 saturated heterocycles. The number of carbonyl (C=O) groups is 1. The number of allylic oxidation sites excluding steroid dienone is 2. The molecule has 0 bridgehead atoms. The van der Waals surface area contributed by atoms with Gasteiger partial charge >= 0.3 is 0 Å². The fourth-order valence-electron chi connectivity index (χ4n) is 3.36. The standard InChI is InChI=1S/C25H27N3O2/c1-4-30-23-10-6-5-9-21(23)24-22(20(17-29)11-15-27-24)16-28(3)19(2)8-7-12-25(18-26)13-14-25/h5-11,15,17H,2,4,12-14,16H2,1,3H3/b8-7-. The second-order valence-electron chi connectivity index (χ2n) is 7.62. The minimum atomic E-state index is -0.167. The van der Waals surface area contributed by atoms with Crippen molar-refractivity contribution in [3.05, 3.63) is 72.1 Å². The SMILES string of the molecule is C=C(/C=C\CC1(C#N)CC1)N(C)Cc1c(C=O)ccnc1-c1ccccc1OCC. The molecule has 0 atom stereocenters. The number of nitrogens with zero attached hydrogens (tertiary/aromatic N) is 3. The number of carbonyl (C=O) groups excluding carboxylic acids is 1. The van der Waals surface area contributed by atoms with E-state index in [-0.39, 0.29) is 5.41 Å². The Hall–Kier alpha value is -3.39. The molecule has 0 amide bonds. The average molecular weight is 402 g/mol. The summed E-state index contributed by atoms with van der Waals surface area (Å²) < 4.78 is 5.78. The van der Waals surface area contributed by atoms with Crippen molar-refractivity contribution in [2.24, 2.45) is 5.41 Å². The highest BCUT2D eigenvalue weighted by Gasteiger charge is 2.41. The third kappa shape index (κ3) is 4.77. The number of nitriles is 1. The van der Waals surface area contributed by atoms with E-state index < -0.39 is 0 Å². The number of para-hydroxylation sites is 1. The lowest BCUT2D eigenvalue weighted by atomic mass is 10.00. The van der Waals surface area contributed by atoms with E-state index in [9.17, 15) is 10.1 Å². The Morgan fingerprint density at radius 1 is 1.37 bits per heavy atom. The predicted octanol–water partition coefficient (Wildman–Crippen LogP) is 5.16. The number of benzene rings is 1. The van der Waals surface area contributed by atoms with E-state index >= 15 is 0 Å². The van der Waals surface area contributed by atoms with E-state index in [4.69, 9.17) is 4.74 Å². The van der Waals surface area contributed by atoms with Crippen molar-refractivity contribution >= 4 is 6.29 Å². The lowest BCUT2D eigenvalue weighted by Gasteiger charge is -2.22. The number of aromatic nitrogens is 1. The maximum absolute atomic E-state index is 11.8. The Kier molecular flexibility index (Phi) is 6.68. The Labute approximate surface area is 178 Å². The second kappa shape index (κ2) is 9.41. The van der Waals surface area contributed by atoms with Crippen LogP contribution in [-0.4, -0.2) is 29.8 Å². The molecule has 3 rings (SSSR count). The molecular formula is C25H27N3O2. The summed E-state index contributed by atoms with van der Waals surface area (Å²) in [5, 5.41) is 9.22. The van der Waals surface area contributed by atoms with Crippen LogP contribution in [0.4, 0.5) is 0 Å². The highest BCUT2D eigenvalue weighted by Crippen LogP contribution is 2.48. The second-order valence-corrected chi connectivity index (χ2v) is 7.62. The molecule has 30 heavy (non-hydrogen) atoms. The van der Waals surface area contributed by atoms with Crippen LogP contribution in [0, 0.1) is 16.7 Å². The van der Waals surface area contributed by atoms with Gasteiger partial charge in [0.25, 0.3) is 0 Å². The first-order valence-corrected chi connectivity index (χ1v) is 10.2. The topological polar surface area (TPSA) is 66.2 Å². The first-order valence-electron chi connectivity index (χ1n) is 10.2. The van der Waals surface area contributed by atoms with E-state index in [1.807, 2.05) is 55.3 Å². The van der Waals surface area contributed by atoms with E-state index in [1.165, 1.54) is 0 Å². The average Bonchev–Trinajstić information content (AvgIpc) is 3.55. The zero-order chi connectivity index (χ0) is 21.6. The molecule has 1 saturated carbocycles. The summed E-state index contributed by atoms with van der Waals surface area (Å²) in [4.78, 5) is 18.3. The number of likely N-dealkylation sites (N-methyl/N-ethyl adjacent to an activating group) is 1. The zero-order valence-electron chi connectivity index (χ0n) is 17.6. The lowest BCUT2D eigenvalue weighted by molar-refractivity contribution is 0.112. The quantitative estimate of drug-likeness (QED) is 0.407. The number of hydrogen-bond donors (Lipinski definition) is 0. The van der Waals surface area contributed by atoms with Gasteiger partial charge in [0.1, 0.15) is 5.75 Å².